The molecule has 0 radical (unpaired) electrons. The summed E-state index contributed by atoms with van der Waals surface area (Å²) in [6.45, 7) is 19.1. The van der Waals surface area contributed by atoms with Crippen molar-refractivity contribution in [2.45, 2.75) is 126 Å². The molecule has 0 saturated carbocycles. The van der Waals surface area contributed by atoms with E-state index in [1.165, 1.54) is 0 Å². The molecule has 0 saturated heterocycles. The van der Waals surface area contributed by atoms with Gasteiger partial charge in [-0.1, -0.05) is 58.7 Å². The van der Waals surface area contributed by atoms with Crippen LogP contribution in [-0.2, 0) is 32.0 Å². The minimum atomic E-state index is -0.862. The Kier molecular flexibility index (Phi) is 25.2. The van der Waals surface area contributed by atoms with Gasteiger partial charge >= 0.3 is 11.9 Å². The second-order valence-electron chi connectivity index (χ2n) is 11.3. The van der Waals surface area contributed by atoms with Gasteiger partial charge < -0.3 is 24.6 Å². The van der Waals surface area contributed by atoms with Crippen molar-refractivity contribution in [1.29, 1.82) is 0 Å². The molecule has 0 unspecified atom stereocenters. The van der Waals surface area contributed by atoms with E-state index in [9.17, 15) is 14.4 Å². The number of aliphatic carboxylic acids is 2. The maximum Gasteiger partial charge on any atom is 0.303 e. The number of unbranched alkanes of at least 4 members (excludes halogenated alkanes) is 3. The lowest BCUT2D eigenvalue weighted by molar-refractivity contribution is -0.138. The maximum absolute atomic E-state index is 11.6. The van der Waals surface area contributed by atoms with E-state index in [1.54, 1.807) is 12.0 Å². The smallest absolute Gasteiger partial charge is 0.303 e. The first-order chi connectivity index (χ1) is 21.4. The maximum atomic E-state index is 11.6. The number of amides is 1. The Morgan fingerprint density at radius 2 is 1.38 bits per heavy atom. The second kappa shape index (κ2) is 25.9. The molecule has 0 aliphatic rings. The molecule has 2 N–H and O–H groups in total. The highest BCUT2D eigenvalue weighted by molar-refractivity contribution is 5.75. The molecule has 0 atom stereocenters. The van der Waals surface area contributed by atoms with Gasteiger partial charge in [-0.3, -0.25) is 14.4 Å². The SMILES string of the molecule is CC.CC.COC(C)(C)C.Cc1cc(C)cc(N(C=O)CCCCCCc2cccc(OCCCC(=O)O)c2CCC(=O)O)c1. The predicted octanol–water partition coefficient (Wildman–Crippen LogP) is 8.81. The van der Waals surface area contributed by atoms with E-state index in [-0.39, 0.29) is 25.0 Å². The van der Waals surface area contributed by atoms with Crippen LogP contribution in [0.1, 0.15) is 116 Å². The zero-order valence-electron chi connectivity index (χ0n) is 29.7. The van der Waals surface area contributed by atoms with Crippen LogP contribution in [0.25, 0.3) is 0 Å². The minimum Gasteiger partial charge on any atom is -0.493 e. The molecule has 45 heavy (non-hydrogen) atoms. The fraction of sp³-hybridized carbons (Fsp3) is 0.595. The number of methoxy groups -OCH3 is 1. The van der Waals surface area contributed by atoms with Crippen LogP contribution in [-0.4, -0.2) is 54.4 Å². The van der Waals surface area contributed by atoms with Gasteiger partial charge in [0.1, 0.15) is 5.75 Å². The summed E-state index contributed by atoms with van der Waals surface area (Å²) in [5.41, 5.74) is 5.22. The Bertz CT molecular complexity index is 1070. The van der Waals surface area contributed by atoms with Gasteiger partial charge in [0, 0.05) is 32.2 Å². The predicted molar refractivity (Wildman–Crippen MR) is 186 cm³/mol. The number of benzene rings is 2. The Morgan fingerprint density at radius 3 is 1.89 bits per heavy atom. The van der Waals surface area contributed by atoms with Crippen LogP contribution in [0, 0.1) is 13.8 Å². The van der Waals surface area contributed by atoms with E-state index in [1.807, 2.05) is 92.6 Å². The molecule has 2 rings (SSSR count). The van der Waals surface area contributed by atoms with Crippen LogP contribution in [0.5, 0.6) is 5.75 Å². The molecule has 0 heterocycles. The molecule has 2 aromatic carbocycles. The molecule has 1 amide bonds. The Labute approximate surface area is 273 Å². The van der Waals surface area contributed by atoms with Gasteiger partial charge in [0.15, 0.2) is 0 Å². The number of carbonyl (C=O) groups excluding carboxylic acids is 1. The average Bonchev–Trinajstić information content (AvgIpc) is 2.99. The van der Waals surface area contributed by atoms with Crippen molar-refractivity contribution in [3.8, 4) is 5.75 Å². The average molecular weight is 632 g/mol. The number of ether oxygens (including phenoxy) is 2. The molecule has 0 fully saturated rings. The molecule has 8 nitrogen and oxygen atoms in total. The van der Waals surface area contributed by atoms with Gasteiger partial charge in [0.2, 0.25) is 6.41 Å². The normalized spacial score (nSPS) is 10.2. The molecule has 0 aliphatic carbocycles. The molecule has 0 aromatic heterocycles. The molecular formula is C37H61NO7. The van der Waals surface area contributed by atoms with Crippen molar-refractivity contribution < 1.29 is 34.1 Å². The summed E-state index contributed by atoms with van der Waals surface area (Å²) in [6, 6.07) is 11.9. The third-order valence-corrected chi connectivity index (χ3v) is 6.48. The second-order valence-corrected chi connectivity index (χ2v) is 11.3. The summed E-state index contributed by atoms with van der Waals surface area (Å²) in [6.07, 6.45) is 6.39. The van der Waals surface area contributed by atoms with Crippen molar-refractivity contribution in [3.05, 3.63) is 58.7 Å². The van der Waals surface area contributed by atoms with Crippen molar-refractivity contribution >= 4 is 24.0 Å². The number of hydrogen-bond donors (Lipinski definition) is 2. The van der Waals surface area contributed by atoms with Crippen LogP contribution in [0.2, 0.25) is 0 Å². The minimum absolute atomic E-state index is 0.0163. The van der Waals surface area contributed by atoms with E-state index in [0.29, 0.717) is 25.1 Å². The lowest BCUT2D eigenvalue weighted by Gasteiger charge is -2.19. The first-order valence-electron chi connectivity index (χ1n) is 16.4. The van der Waals surface area contributed by atoms with E-state index >= 15 is 0 Å². The zero-order valence-corrected chi connectivity index (χ0v) is 29.7. The monoisotopic (exact) mass is 631 g/mol. The Hall–Kier alpha value is -3.39. The number of aryl methyl sites for hydroxylation is 3. The fourth-order valence-corrected chi connectivity index (χ4v) is 4.21. The highest BCUT2D eigenvalue weighted by atomic mass is 16.5. The van der Waals surface area contributed by atoms with Crippen LogP contribution < -0.4 is 9.64 Å². The highest BCUT2D eigenvalue weighted by Crippen LogP contribution is 2.26. The van der Waals surface area contributed by atoms with Crippen LogP contribution in [0.3, 0.4) is 0 Å². The zero-order chi connectivity index (χ0) is 34.8. The number of carboxylic acid groups (broad SMARTS) is 2. The number of nitrogens with zero attached hydrogens (tertiary/aromatic N) is 1. The van der Waals surface area contributed by atoms with Crippen molar-refractivity contribution in [1.82, 2.24) is 0 Å². The van der Waals surface area contributed by atoms with Crippen LogP contribution in [0.15, 0.2) is 36.4 Å². The number of carboxylic acids is 2. The topological polar surface area (TPSA) is 113 Å². The summed E-state index contributed by atoms with van der Waals surface area (Å²) in [5.74, 6) is -1.08. The third-order valence-electron chi connectivity index (χ3n) is 6.48. The standard InChI is InChI=1S/C28H37NO6.C5H12O.2C2H6/c1-21-17-22(2)19-24(18-21)29(20-30)15-6-4-3-5-9-23-10-7-11-26(25(23)13-14-28(33)34)35-16-8-12-27(31)32;1-5(2,3)6-4;2*1-2/h7,10-11,17-20H,3-6,8-9,12-16H2,1-2H3,(H,31,32)(H,33,34);1-4H3;2*1-2H3. The number of carbonyl (C=O) groups is 3. The van der Waals surface area contributed by atoms with Gasteiger partial charge in [-0.05, 0) is 107 Å². The number of hydrogen-bond acceptors (Lipinski definition) is 5. The summed E-state index contributed by atoms with van der Waals surface area (Å²) in [7, 11) is 1.71. The van der Waals surface area contributed by atoms with E-state index in [2.05, 4.69) is 6.07 Å². The van der Waals surface area contributed by atoms with E-state index < -0.39 is 11.9 Å². The Morgan fingerprint density at radius 1 is 0.822 bits per heavy atom. The molecule has 0 aliphatic heterocycles. The van der Waals surface area contributed by atoms with E-state index in [4.69, 9.17) is 19.7 Å². The van der Waals surface area contributed by atoms with Crippen molar-refractivity contribution in [2.24, 2.45) is 0 Å². The molecule has 256 valence electrons. The van der Waals surface area contributed by atoms with Gasteiger partial charge in [-0.15, -0.1) is 0 Å². The first kappa shape index (κ1) is 43.7. The number of rotatable bonds is 17. The lowest BCUT2D eigenvalue weighted by Crippen LogP contribution is -2.22. The highest BCUT2D eigenvalue weighted by Gasteiger charge is 2.12. The van der Waals surface area contributed by atoms with Gasteiger partial charge in [-0.25, -0.2) is 0 Å². The summed E-state index contributed by atoms with van der Waals surface area (Å²) in [5, 5.41) is 17.9. The van der Waals surface area contributed by atoms with Gasteiger partial charge in [0.25, 0.3) is 0 Å². The lowest BCUT2D eigenvalue weighted by atomic mass is 9.96. The van der Waals surface area contributed by atoms with Crippen molar-refractivity contribution in [3.63, 3.8) is 0 Å². The molecular weight excluding hydrogens is 570 g/mol. The molecule has 2 aromatic rings. The largest absolute Gasteiger partial charge is 0.493 e. The quantitative estimate of drug-likeness (QED) is 0.132. The first-order valence-corrected chi connectivity index (χ1v) is 16.4. The summed E-state index contributed by atoms with van der Waals surface area (Å²) >= 11 is 0. The third kappa shape index (κ3) is 21.9. The van der Waals surface area contributed by atoms with Crippen LogP contribution >= 0.6 is 0 Å². The van der Waals surface area contributed by atoms with Crippen LogP contribution in [0.4, 0.5) is 5.69 Å². The summed E-state index contributed by atoms with van der Waals surface area (Å²) in [4.78, 5) is 35.2. The fourth-order valence-electron chi connectivity index (χ4n) is 4.21. The Balaban J connectivity index is 0. The molecule has 8 heteroatoms. The number of anilines is 1. The van der Waals surface area contributed by atoms with Gasteiger partial charge in [-0.2, -0.15) is 0 Å². The van der Waals surface area contributed by atoms with E-state index in [0.717, 1.165) is 66.5 Å². The van der Waals surface area contributed by atoms with Gasteiger partial charge in [0.05, 0.1) is 12.2 Å². The summed E-state index contributed by atoms with van der Waals surface area (Å²) < 4.78 is 10.7. The molecule has 0 bridgehead atoms. The van der Waals surface area contributed by atoms with Crippen molar-refractivity contribution in [2.75, 3.05) is 25.2 Å². The molecule has 0 spiro atoms.